The molecule has 0 aromatic heterocycles. The molecule has 0 fully saturated rings. The fourth-order valence-corrected chi connectivity index (χ4v) is 3.80. The van der Waals surface area contributed by atoms with Crippen molar-refractivity contribution < 1.29 is 4.79 Å². The van der Waals surface area contributed by atoms with E-state index in [9.17, 15) is 4.79 Å². The van der Waals surface area contributed by atoms with Crippen molar-refractivity contribution in [1.29, 1.82) is 0 Å². The molecule has 2 rings (SSSR count). The zero-order valence-corrected chi connectivity index (χ0v) is 15.7. The lowest BCUT2D eigenvalue weighted by molar-refractivity contribution is -0.118. The van der Waals surface area contributed by atoms with E-state index in [4.69, 9.17) is 11.6 Å². The van der Waals surface area contributed by atoms with Gasteiger partial charge in [-0.15, -0.1) is 23.5 Å². The Kier molecular flexibility index (Phi) is 7.34. The van der Waals surface area contributed by atoms with Gasteiger partial charge in [-0.2, -0.15) is 0 Å². The van der Waals surface area contributed by atoms with Gasteiger partial charge < -0.3 is 5.32 Å². The van der Waals surface area contributed by atoms with Crippen molar-refractivity contribution in [3.63, 3.8) is 0 Å². The van der Waals surface area contributed by atoms with E-state index in [-0.39, 0.29) is 5.91 Å². The molecule has 0 aliphatic rings. The molecular weight excluding hydrogens is 346 g/mol. The van der Waals surface area contributed by atoms with Crippen LogP contribution in [0, 0.1) is 13.8 Å². The van der Waals surface area contributed by atoms with Crippen molar-refractivity contribution >= 4 is 41.0 Å². The van der Waals surface area contributed by atoms with Gasteiger partial charge in [0.2, 0.25) is 5.91 Å². The lowest BCUT2D eigenvalue weighted by atomic mass is 10.2. The number of carbonyl (C=O) groups is 1. The molecule has 2 aromatic carbocycles. The van der Waals surface area contributed by atoms with Gasteiger partial charge in [0.1, 0.15) is 0 Å². The van der Waals surface area contributed by atoms with Gasteiger partial charge in [-0.1, -0.05) is 29.3 Å². The molecule has 5 heteroatoms. The van der Waals surface area contributed by atoms with Gasteiger partial charge in [0.05, 0.1) is 5.75 Å². The molecule has 0 aliphatic carbocycles. The molecule has 0 unspecified atom stereocenters. The van der Waals surface area contributed by atoms with Crippen LogP contribution in [0.1, 0.15) is 11.1 Å². The second kappa shape index (κ2) is 9.26. The maximum absolute atomic E-state index is 11.9. The smallest absolute Gasteiger partial charge is 0.230 e. The van der Waals surface area contributed by atoms with Gasteiger partial charge in [0, 0.05) is 27.1 Å². The van der Waals surface area contributed by atoms with Crippen LogP contribution in [0.15, 0.2) is 52.3 Å². The summed E-state index contributed by atoms with van der Waals surface area (Å²) in [6, 6.07) is 14.1. The summed E-state index contributed by atoms with van der Waals surface area (Å²) in [5.41, 5.74) is 2.43. The van der Waals surface area contributed by atoms with Crippen LogP contribution >= 0.6 is 35.1 Å². The number of halogens is 1. The van der Waals surface area contributed by atoms with Crippen LogP contribution in [0.3, 0.4) is 0 Å². The summed E-state index contributed by atoms with van der Waals surface area (Å²) in [5, 5.41) is 3.70. The van der Waals surface area contributed by atoms with Gasteiger partial charge in [0.15, 0.2) is 0 Å². The zero-order valence-electron chi connectivity index (χ0n) is 13.3. The van der Waals surface area contributed by atoms with Gasteiger partial charge in [-0.05, 0) is 49.7 Å². The number of nitrogens with one attached hydrogen (secondary N) is 1. The average molecular weight is 366 g/mol. The fourth-order valence-electron chi connectivity index (χ4n) is 1.95. The highest BCUT2D eigenvalue weighted by atomic mass is 35.5. The second-order valence-corrected chi connectivity index (χ2v) is 7.83. The number of rotatable bonds is 7. The molecule has 2 nitrogen and oxygen atoms in total. The lowest BCUT2D eigenvalue weighted by Crippen LogP contribution is -2.27. The van der Waals surface area contributed by atoms with Crippen LogP contribution in [-0.4, -0.2) is 24.0 Å². The number of hydrogen-bond donors (Lipinski definition) is 1. The van der Waals surface area contributed by atoms with Crippen molar-refractivity contribution in [3.8, 4) is 0 Å². The summed E-state index contributed by atoms with van der Waals surface area (Å²) < 4.78 is 0. The van der Waals surface area contributed by atoms with Crippen LogP contribution in [0.5, 0.6) is 0 Å². The standard InChI is InChI=1S/C18H20ClNOS2/c1-13-3-4-14(2)17(11-13)23-12-18(21)20-9-10-22-16-7-5-15(19)6-8-16/h3-8,11H,9-10,12H2,1-2H3,(H,20,21). The van der Waals surface area contributed by atoms with E-state index in [0.717, 1.165) is 15.7 Å². The van der Waals surface area contributed by atoms with Crippen LogP contribution in [0.2, 0.25) is 5.02 Å². The first-order chi connectivity index (χ1) is 11.0. The number of amides is 1. The maximum atomic E-state index is 11.9. The Labute approximate surface area is 151 Å². The quantitative estimate of drug-likeness (QED) is 0.555. The highest BCUT2D eigenvalue weighted by molar-refractivity contribution is 8.00. The first-order valence-corrected chi connectivity index (χ1v) is 9.74. The highest BCUT2D eigenvalue weighted by Crippen LogP contribution is 2.23. The Hall–Kier alpha value is -1.10. The molecule has 0 aliphatic heterocycles. The van der Waals surface area contributed by atoms with E-state index < -0.39 is 0 Å². The van der Waals surface area contributed by atoms with Crippen LogP contribution in [0.4, 0.5) is 0 Å². The Morgan fingerprint density at radius 1 is 1.09 bits per heavy atom. The molecule has 23 heavy (non-hydrogen) atoms. The van der Waals surface area contributed by atoms with Gasteiger partial charge in [-0.3, -0.25) is 4.79 Å². The van der Waals surface area contributed by atoms with Crippen molar-refractivity contribution in [2.24, 2.45) is 0 Å². The first kappa shape index (κ1) is 18.2. The molecule has 0 heterocycles. The third kappa shape index (κ3) is 6.50. The molecule has 2 aromatic rings. The van der Waals surface area contributed by atoms with Crippen molar-refractivity contribution in [3.05, 3.63) is 58.6 Å². The molecule has 0 saturated carbocycles. The van der Waals surface area contributed by atoms with Crippen molar-refractivity contribution in [2.75, 3.05) is 18.1 Å². The molecule has 1 amide bonds. The Morgan fingerprint density at radius 3 is 2.57 bits per heavy atom. The summed E-state index contributed by atoms with van der Waals surface area (Å²) in [5.74, 6) is 1.38. The number of thioether (sulfide) groups is 2. The van der Waals surface area contributed by atoms with Crippen molar-refractivity contribution in [1.82, 2.24) is 5.32 Å². The summed E-state index contributed by atoms with van der Waals surface area (Å²) in [7, 11) is 0. The van der Waals surface area contributed by atoms with E-state index in [0.29, 0.717) is 12.3 Å². The predicted octanol–water partition coefficient (Wildman–Crippen LogP) is 4.96. The molecule has 1 N–H and O–H groups in total. The van der Waals surface area contributed by atoms with E-state index in [1.165, 1.54) is 16.0 Å². The lowest BCUT2D eigenvalue weighted by Gasteiger charge is -2.08. The summed E-state index contributed by atoms with van der Waals surface area (Å²) in [6.45, 7) is 4.81. The molecule has 122 valence electrons. The van der Waals surface area contributed by atoms with E-state index >= 15 is 0 Å². The number of benzene rings is 2. The van der Waals surface area contributed by atoms with Gasteiger partial charge in [-0.25, -0.2) is 0 Å². The van der Waals surface area contributed by atoms with E-state index in [2.05, 4.69) is 37.4 Å². The third-order valence-corrected chi connectivity index (χ3v) is 5.63. The normalized spacial score (nSPS) is 10.6. The average Bonchev–Trinajstić information content (AvgIpc) is 2.54. The number of hydrogen-bond acceptors (Lipinski definition) is 3. The van der Waals surface area contributed by atoms with E-state index in [1.54, 1.807) is 23.5 Å². The van der Waals surface area contributed by atoms with Crippen LogP contribution in [-0.2, 0) is 4.79 Å². The van der Waals surface area contributed by atoms with Crippen LogP contribution in [0.25, 0.3) is 0 Å². The Morgan fingerprint density at radius 2 is 1.83 bits per heavy atom. The zero-order chi connectivity index (χ0) is 16.7. The Balaban J connectivity index is 1.67. The van der Waals surface area contributed by atoms with Crippen molar-refractivity contribution in [2.45, 2.75) is 23.6 Å². The summed E-state index contributed by atoms with van der Waals surface area (Å²) >= 11 is 9.15. The molecular formula is C18H20ClNOS2. The minimum absolute atomic E-state index is 0.0765. The van der Waals surface area contributed by atoms with E-state index in [1.807, 2.05) is 24.3 Å². The van der Waals surface area contributed by atoms with Gasteiger partial charge in [0.25, 0.3) is 0 Å². The molecule has 0 spiro atoms. The van der Waals surface area contributed by atoms with Gasteiger partial charge >= 0.3 is 0 Å². The largest absolute Gasteiger partial charge is 0.355 e. The second-order valence-electron chi connectivity index (χ2n) is 5.21. The molecule has 0 radical (unpaired) electrons. The third-order valence-electron chi connectivity index (χ3n) is 3.21. The topological polar surface area (TPSA) is 29.1 Å². The Bertz CT molecular complexity index is 659. The first-order valence-electron chi connectivity index (χ1n) is 7.40. The maximum Gasteiger partial charge on any atom is 0.230 e. The minimum Gasteiger partial charge on any atom is -0.355 e. The predicted molar refractivity (Wildman–Crippen MR) is 102 cm³/mol. The molecule has 0 atom stereocenters. The summed E-state index contributed by atoms with van der Waals surface area (Å²) in [4.78, 5) is 14.2. The summed E-state index contributed by atoms with van der Waals surface area (Å²) in [6.07, 6.45) is 0. The van der Waals surface area contributed by atoms with Crippen LogP contribution < -0.4 is 5.32 Å². The minimum atomic E-state index is 0.0765. The number of carbonyl (C=O) groups excluding carboxylic acids is 1. The molecule has 0 saturated heterocycles. The highest BCUT2D eigenvalue weighted by Gasteiger charge is 2.05. The monoisotopic (exact) mass is 365 g/mol. The molecule has 0 bridgehead atoms. The number of aryl methyl sites for hydroxylation is 2. The fraction of sp³-hybridized carbons (Fsp3) is 0.278. The SMILES string of the molecule is Cc1ccc(C)c(SCC(=O)NCCSc2ccc(Cl)cc2)c1.